The second-order valence-corrected chi connectivity index (χ2v) is 3.79. The van der Waals surface area contributed by atoms with Crippen molar-refractivity contribution in [2.75, 3.05) is 19.1 Å². The monoisotopic (exact) mass is 230 g/mol. The molecule has 0 heterocycles. The highest BCUT2D eigenvalue weighted by Crippen LogP contribution is 2.25. The molecule has 0 saturated heterocycles. The number of amides is 2. The van der Waals surface area contributed by atoms with E-state index in [0.29, 0.717) is 0 Å². The smallest absolute Gasteiger partial charge is 0.318 e. The molecule has 2 rings (SSSR count). The number of methoxy groups -OCH3 is 1. The minimum absolute atomic E-state index is 0.474. The number of nitrogens with zero attached hydrogens (tertiary/aromatic N) is 1. The molecule has 2 aromatic carbocycles. The molecular formula is C13H14N2O2. The Morgan fingerprint density at radius 2 is 1.82 bits per heavy atom. The predicted molar refractivity (Wildman–Crippen MR) is 68.5 cm³/mol. The fourth-order valence-corrected chi connectivity index (χ4v) is 1.67. The van der Waals surface area contributed by atoms with E-state index in [9.17, 15) is 4.79 Å². The number of primary amides is 1. The molecule has 2 amide bonds. The minimum atomic E-state index is -0.474. The summed E-state index contributed by atoms with van der Waals surface area (Å²) in [7, 11) is 3.28. The van der Waals surface area contributed by atoms with Gasteiger partial charge in [-0.15, -0.1) is 0 Å². The van der Waals surface area contributed by atoms with Crippen LogP contribution in [-0.2, 0) is 0 Å². The van der Waals surface area contributed by atoms with Crippen molar-refractivity contribution in [2.24, 2.45) is 5.73 Å². The van der Waals surface area contributed by atoms with E-state index < -0.39 is 6.03 Å². The van der Waals surface area contributed by atoms with Crippen molar-refractivity contribution in [1.82, 2.24) is 0 Å². The lowest BCUT2D eigenvalue weighted by Crippen LogP contribution is -2.31. The molecular weight excluding hydrogens is 216 g/mol. The number of hydrogen-bond donors (Lipinski definition) is 1. The largest absolute Gasteiger partial charge is 0.497 e. The summed E-state index contributed by atoms with van der Waals surface area (Å²) >= 11 is 0. The maximum Gasteiger partial charge on any atom is 0.318 e. The summed E-state index contributed by atoms with van der Waals surface area (Å²) < 4.78 is 5.15. The third-order valence-electron chi connectivity index (χ3n) is 2.75. The first kappa shape index (κ1) is 11.3. The van der Waals surface area contributed by atoms with Gasteiger partial charge in [0.25, 0.3) is 0 Å². The van der Waals surface area contributed by atoms with Gasteiger partial charge in [0, 0.05) is 12.7 Å². The lowest BCUT2D eigenvalue weighted by molar-refractivity contribution is 0.255. The first-order valence-corrected chi connectivity index (χ1v) is 5.23. The van der Waals surface area contributed by atoms with Gasteiger partial charge in [0.1, 0.15) is 5.75 Å². The van der Waals surface area contributed by atoms with Crippen LogP contribution in [0.4, 0.5) is 10.5 Å². The number of ether oxygens (including phenoxy) is 1. The molecule has 2 aromatic rings. The van der Waals surface area contributed by atoms with Gasteiger partial charge < -0.3 is 10.5 Å². The molecule has 88 valence electrons. The topological polar surface area (TPSA) is 55.6 Å². The first-order chi connectivity index (χ1) is 8.11. The summed E-state index contributed by atoms with van der Waals surface area (Å²) in [6, 6.07) is 11.0. The van der Waals surface area contributed by atoms with Crippen molar-refractivity contribution in [1.29, 1.82) is 0 Å². The van der Waals surface area contributed by atoms with Gasteiger partial charge in [-0.3, -0.25) is 4.90 Å². The number of benzene rings is 2. The molecule has 0 aliphatic carbocycles. The zero-order valence-electron chi connectivity index (χ0n) is 9.81. The van der Waals surface area contributed by atoms with Crippen molar-refractivity contribution in [3.8, 4) is 5.75 Å². The average Bonchev–Trinajstić information content (AvgIpc) is 2.36. The third kappa shape index (κ3) is 2.15. The SMILES string of the molecule is COc1ccc2cc(N(C)C(N)=O)ccc2c1. The Hall–Kier alpha value is -2.23. The van der Waals surface area contributed by atoms with Crippen LogP contribution in [0.5, 0.6) is 5.75 Å². The molecule has 0 fully saturated rings. The van der Waals surface area contributed by atoms with Crippen LogP contribution in [0.3, 0.4) is 0 Å². The number of rotatable bonds is 2. The summed E-state index contributed by atoms with van der Waals surface area (Å²) in [5.74, 6) is 0.813. The highest BCUT2D eigenvalue weighted by atomic mass is 16.5. The number of carbonyl (C=O) groups excluding carboxylic acids is 1. The summed E-state index contributed by atoms with van der Waals surface area (Å²) in [6.45, 7) is 0. The molecule has 0 radical (unpaired) electrons. The summed E-state index contributed by atoms with van der Waals surface area (Å²) in [4.78, 5) is 12.5. The van der Waals surface area contributed by atoms with E-state index in [2.05, 4.69) is 0 Å². The molecule has 4 heteroatoms. The highest BCUT2D eigenvalue weighted by Gasteiger charge is 2.06. The summed E-state index contributed by atoms with van der Waals surface area (Å²) in [5, 5.41) is 2.10. The van der Waals surface area contributed by atoms with Crippen LogP contribution in [0.25, 0.3) is 10.8 Å². The fraction of sp³-hybridized carbons (Fsp3) is 0.154. The highest BCUT2D eigenvalue weighted by molar-refractivity contribution is 5.94. The van der Waals surface area contributed by atoms with E-state index in [0.717, 1.165) is 22.2 Å². The molecule has 0 atom stereocenters. The van der Waals surface area contributed by atoms with Crippen molar-refractivity contribution < 1.29 is 9.53 Å². The van der Waals surface area contributed by atoms with Gasteiger partial charge in [-0.05, 0) is 35.0 Å². The van der Waals surface area contributed by atoms with Crippen molar-refractivity contribution in [2.45, 2.75) is 0 Å². The Labute approximate surface area is 99.6 Å². The van der Waals surface area contributed by atoms with Gasteiger partial charge in [0.15, 0.2) is 0 Å². The molecule has 2 N–H and O–H groups in total. The molecule has 0 bridgehead atoms. The van der Waals surface area contributed by atoms with Crippen molar-refractivity contribution >= 4 is 22.5 Å². The van der Waals surface area contributed by atoms with Gasteiger partial charge in [-0.25, -0.2) is 4.79 Å². The molecule has 0 aliphatic rings. The van der Waals surface area contributed by atoms with Crippen LogP contribution in [0.15, 0.2) is 36.4 Å². The van der Waals surface area contributed by atoms with E-state index in [4.69, 9.17) is 10.5 Å². The standard InChI is InChI=1S/C13H14N2O2/c1-15(13(14)16)11-5-3-10-8-12(17-2)6-4-9(10)7-11/h3-8H,1-2H3,(H2,14,16). The molecule has 0 spiro atoms. The minimum Gasteiger partial charge on any atom is -0.497 e. The molecule has 4 nitrogen and oxygen atoms in total. The van der Waals surface area contributed by atoms with Gasteiger partial charge in [-0.1, -0.05) is 12.1 Å². The van der Waals surface area contributed by atoms with E-state index >= 15 is 0 Å². The molecule has 17 heavy (non-hydrogen) atoms. The third-order valence-corrected chi connectivity index (χ3v) is 2.75. The molecule has 0 saturated carbocycles. The van der Waals surface area contributed by atoms with Crippen LogP contribution in [-0.4, -0.2) is 20.2 Å². The maximum atomic E-state index is 11.1. The second kappa shape index (κ2) is 4.33. The number of anilines is 1. The zero-order chi connectivity index (χ0) is 12.4. The Balaban J connectivity index is 2.48. The van der Waals surface area contributed by atoms with Gasteiger partial charge in [0.2, 0.25) is 0 Å². The van der Waals surface area contributed by atoms with Crippen LogP contribution < -0.4 is 15.4 Å². The number of hydrogen-bond acceptors (Lipinski definition) is 2. The van der Waals surface area contributed by atoms with Crippen LogP contribution >= 0.6 is 0 Å². The molecule has 0 aliphatic heterocycles. The normalized spacial score (nSPS) is 10.2. The Kier molecular flexibility index (Phi) is 2.87. The van der Waals surface area contributed by atoms with Crippen LogP contribution in [0, 0.1) is 0 Å². The number of carbonyl (C=O) groups is 1. The number of urea groups is 1. The van der Waals surface area contributed by atoms with E-state index in [1.807, 2.05) is 36.4 Å². The predicted octanol–water partition coefficient (Wildman–Crippen LogP) is 2.36. The lowest BCUT2D eigenvalue weighted by atomic mass is 10.1. The quantitative estimate of drug-likeness (QED) is 0.861. The Morgan fingerprint density at radius 1 is 1.18 bits per heavy atom. The van der Waals surface area contributed by atoms with Gasteiger partial charge in [0.05, 0.1) is 7.11 Å². The lowest BCUT2D eigenvalue weighted by Gasteiger charge is -2.15. The summed E-state index contributed by atoms with van der Waals surface area (Å²) in [5.41, 5.74) is 6.00. The second-order valence-electron chi connectivity index (χ2n) is 3.79. The van der Waals surface area contributed by atoms with E-state index in [-0.39, 0.29) is 0 Å². The average molecular weight is 230 g/mol. The number of nitrogens with two attached hydrogens (primary N) is 1. The molecule has 0 unspecified atom stereocenters. The zero-order valence-corrected chi connectivity index (χ0v) is 9.81. The van der Waals surface area contributed by atoms with Crippen LogP contribution in [0.2, 0.25) is 0 Å². The van der Waals surface area contributed by atoms with Crippen LogP contribution in [0.1, 0.15) is 0 Å². The van der Waals surface area contributed by atoms with E-state index in [1.165, 1.54) is 4.90 Å². The van der Waals surface area contributed by atoms with Gasteiger partial charge >= 0.3 is 6.03 Å². The maximum absolute atomic E-state index is 11.1. The van der Waals surface area contributed by atoms with Crippen molar-refractivity contribution in [3.63, 3.8) is 0 Å². The Morgan fingerprint density at radius 3 is 2.47 bits per heavy atom. The van der Waals surface area contributed by atoms with E-state index in [1.54, 1.807) is 14.2 Å². The first-order valence-electron chi connectivity index (χ1n) is 5.23. The number of fused-ring (bicyclic) bond motifs is 1. The van der Waals surface area contributed by atoms with Crippen molar-refractivity contribution in [3.05, 3.63) is 36.4 Å². The molecule has 0 aromatic heterocycles. The summed E-state index contributed by atoms with van der Waals surface area (Å²) in [6.07, 6.45) is 0. The Bertz CT molecular complexity index is 566. The van der Waals surface area contributed by atoms with Gasteiger partial charge in [-0.2, -0.15) is 0 Å². The fourth-order valence-electron chi connectivity index (χ4n) is 1.67.